The summed E-state index contributed by atoms with van der Waals surface area (Å²) in [7, 11) is 1.30. The predicted octanol–water partition coefficient (Wildman–Crippen LogP) is 9.17. The highest BCUT2D eigenvalue weighted by molar-refractivity contribution is 6.07. The van der Waals surface area contributed by atoms with Crippen molar-refractivity contribution in [3.8, 4) is 11.1 Å². The molecule has 11 rings (SSSR count). The van der Waals surface area contributed by atoms with Gasteiger partial charge in [0.2, 0.25) is 11.8 Å². The molecule has 4 fully saturated rings. The molecule has 65 heavy (non-hydrogen) atoms. The lowest BCUT2D eigenvalue weighted by Crippen LogP contribution is -2.51. The predicted molar refractivity (Wildman–Crippen MR) is 249 cm³/mol. The van der Waals surface area contributed by atoms with Gasteiger partial charge in [-0.25, -0.2) is 14.8 Å². The third kappa shape index (κ3) is 7.34. The molecule has 2 saturated heterocycles. The fraction of sp³-hybridized carbons (Fsp3) is 0.385. The minimum atomic E-state index is -0.741. The summed E-state index contributed by atoms with van der Waals surface area (Å²) in [5.74, 6) is 1.50. The smallest absolute Gasteiger partial charge is 0.407 e. The van der Waals surface area contributed by atoms with Crippen LogP contribution in [-0.4, -0.2) is 79.3 Å². The van der Waals surface area contributed by atoms with Crippen LogP contribution in [0.4, 0.5) is 4.79 Å². The van der Waals surface area contributed by atoms with Crippen LogP contribution in [0.1, 0.15) is 101 Å². The van der Waals surface area contributed by atoms with Crippen LogP contribution in [0.5, 0.6) is 0 Å². The highest BCUT2D eigenvalue weighted by Gasteiger charge is 2.50. The number of hydrogen-bond acceptors (Lipinski definition) is 7. The number of likely N-dealkylation sites (tertiary alicyclic amines) is 2. The van der Waals surface area contributed by atoms with E-state index in [2.05, 4.69) is 86.2 Å². The van der Waals surface area contributed by atoms with Gasteiger partial charge in [-0.1, -0.05) is 87.0 Å². The number of amides is 4. The highest BCUT2D eigenvalue weighted by atomic mass is 16.5. The monoisotopic (exact) mass is 870 g/mol. The fourth-order valence-corrected chi connectivity index (χ4v) is 11.0. The molecule has 7 aromatic rings. The van der Waals surface area contributed by atoms with E-state index in [1.807, 2.05) is 49.1 Å². The number of rotatable bonds is 10. The summed E-state index contributed by atoms with van der Waals surface area (Å²) in [4.78, 5) is 75.3. The molecule has 2 aromatic heterocycles. The molecule has 5 aromatic carbocycles. The normalized spacial score (nSPS) is 21.7. The summed E-state index contributed by atoms with van der Waals surface area (Å²) in [6.07, 6.45) is 6.73. The van der Waals surface area contributed by atoms with Crippen LogP contribution >= 0.6 is 0 Å². The minimum Gasteiger partial charge on any atom is -0.453 e. The van der Waals surface area contributed by atoms with Crippen molar-refractivity contribution >= 4 is 67.4 Å². The molecule has 4 heterocycles. The Labute approximate surface area is 376 Å². The van der Waals surface area contributed by atoms with Crippen molar-refractivity contribution in [2.24, 2.45) is 17.8 Å². The third-order valence-electron chi connectivity index (χ3n) is 14.5. The first kappa shape index (κ1) is 41.0. The molecule has 6 atom stereocenters. The standard InChI is InChI=1S/C52H54N8O5/c1-28(2)42(58-52(64)65-3)50(62)59-24-8-13-41(59)47-53-39-22-18-33-25-31(16-20-37(33)44(39)55-47)32-17-21-38-34(26-32)19-23-40-45(38)56-48(54-40)46-35-11-7-12-36(27-35)60(46)51(63)43(29-9-5-4-6-10-29)57-49(61)30-14-15-30/h4-6,9-10,16-23,25-26,28,30,35-36,41-43,46H,7-8,11-15,24,27H2,1-3H3,(H,53,55)(H,54,56)(H,57,61)(H,58,64)/t35-,36+,41?,42-,43+,46?/m0/s1. The Morgan fingerprint density at radius 2 is 1.38 bits per heavy atom. The van der Waals surface area contributed by atoms with Crippen molar-refractivity contribution in [3.05, 3.63) is 108 Å². The average molecular weight is 871 g/mol. The molecule has 4 aliphatic rings. The molecular formula is C52H54N8O5. The van der Waals surface area contributed by atoms with Crippen LogP contribution in [-0.2, 0) is 19.1 Å². The van der Waals surface area contributed by atoms with Gasteiger partial charge >= 0.3 is 6.09 Å². The maximum atomic E-state index is 14.8. The van der Waals surface area contributed by atoms with Gasteiger partial charge in [0.1, 0.15) is 23.7 Å². The number of ether oxygens (including phenoxy) is 1. The number of imidazole rings is 2. The Morgan fingerprint density at radius 1 is 0.723 bits per heavy atom. The van der Waals surface area contributed by atoms with Crippen LogP contribution in [0.15, 0.2) is 91.0 Å². The molecule has 13 nitrogen and oxygen atoms in total. The van der Waals surface area contributed by atoms with Gasteiger partial charge in [0.15, 0.2) is 0 Å². The van der Waals surface area contributed by atoms with Crippen LogP contribution < -0.4 is 10.6 Å². The van der Waals surface area contributed by atoms with E-state index in [9.17, 15) is 19.2 Å². The summed E-state index contributed by atoms with van der Waals surface area (Å²) >= 11 is 0. The topological polar surface area (TPSA) is 165 Å². The van der Waals surface area contributed by atoms with E-state index < -0.39 is 18.2 Å². The summed E-state index contributed by atoms with van der Waals surface area (Å²) in [6.45, 7) is 4.42. The highest BCUT2D eigenvalue weighted by Crippen LogP contribution is 2.49. The van der Waals surface area contributed by atoms with Gasteiger partial charge in [-0.2, -0.15) is 0 Å². The molecule has 4 N–H and O–H groups in total. The molecule has 2 saturated carbocycles. The van der Waals surface area contributed by atoms with Crippen LogP contribution in [0.25, 0.3) is 54.7 Å². The van der Waals surface area contributed by atoms with E-state index in [1.165, 1.54) is 7.11 Å². The van der Waals surface area contributed by atoms with Gasteiger partial charge in [0, 0.05) is 29.3 Å². The Kier molecular flexibility index (Phi) is 10.3. The molecule has 2 bridgehead atoms. The number of nitrogens with one attached hydrogen (secondary N) is 4. The van der Waals surface area contributed by atoms with Gasteiger partial charge in [-0.3, -0.25) is 14.4 Å². The Hall–Kier alpha value is -6.76. The van der Waals surface area contributed by atoms with Crippen molar-refractivity contribution in [2.75, 3.05) is 13.7 Å². The molecule has 332 valence electrons. The maximum absolute atomic E-state index is 14.8. The number of methoxy groups -OCH3 is 1. The van der Waals surface area contributed by atoms with Crippen molar-refractivity contribution in [3.63, 3.8) is 0 Å². The van der Waals surface area contributed by atoms with E-state index in [0.29, 0.717) is 6.54 Å². The van der Waals surface area contributed by atoms with Crippen LogP contribution in [0.2, 0.25) is 0 Å². The number of aromatic nitrogens is 4. The quantitative estimate of drug-likeness (QED) is 0.106. The lowest BCUT2D eigenvalue weighted by molar-refractivity contribution is -0.140. The van der Waals surface area contributed by atoms with E-state index in [1.54, 1.807) is 0 Å². The number of fused-ring (bicyclic) bond motifs is 8. The number of nitrogens with zero attached hydrogens (tertiary/aromatic N) is 4. The van der Waals surface area contributed by atoms with Gasteiger partial charge < -0.3 is 35.1 Å². The van der Waals surface area contributed by atoms with Crippen LogP contribution in [0.3, 0.4) is 0 Å². The minimum absolute atomic E-state index is 0.00646. The maximum Gasteiger partial charge on any atom is 0.407 e. The van der Waals surface area contributed by atoms with E-state index in [0.717, 1.165) is 123 Å². The zero-order chi connectivity index (χ0) is 44.5. The second-order valence-corrected chi connectivity index (χ2v) is 19.0. The second-order valence-electron chi connectivity index (χ2n) is 19.0. The Bertz CT molecular complexity index is 3010. The molecule has 2 aliphatic carbocycles. The lowest BCUT2D eigenvalue weighted by atomic mass is 9.87. The molecular weight excluding hydrogens is 817 g/mol. The fourth-order valence-electron chi connectivity index (χ4n) is 11.0. The molecule has 0 spiro atoms. The summed E-state index contributed by atoms with van der Waals surface area (Å²) in [5, 5.41) is 10.1. The Balaban J connectivity index is 0.874. The second kappa shape index (κ2) is 16.3. The number of alkyl carbamates (subject to hydrolysis) is 1. The first-order chi connectivity index (χ1) is 31.6. The molecule has 4 amide bonds. The van der Waals surface area contributed by atoms with Crippen molar-refractivity contribution in [1.29, 1.82) is 0 Å². The average Bonchev–Trinajstić information content (AvgIpc) is 3.60. The summed E-state index contributed by atoms with van der Waals surface area (Å²) in [6, 6.07) is 29.3. The first-order valence-corrected chi connectivity index (χ1v) is 23.3. The Morgan fingerprint density at radius 3 is 2.03 bits per heavy atom. The molecule has 13 heteroatoms. The number of hydrogen-bond donors (Lipinski definition) is 4. The number of carbonyl (C=O) groups is 4. The lowest BCUT2D eigenvalue weighted by Gasteiger charge is -2.33. The van der Waals surface area contributed by atoms with Crippen LogP contribution in [0, 0.1) is 17.8 Å². The largest absolute Gasteiger partial charge is 0.453 e. The zero-order valence-corrected chi connectivity index (χ0v) is 37.0. The summed E-state index contributed by atoms with van der Waals surface area (Å²) < 4.78 is 4.81. The van der Waals surface area contributed by atoms with Gasteiger partial charge in [-0.15, -0.1) is 0 Å². The van der Waals surface area contributed by atoms with E-state index in [4.69, 9.17) is 14.7 Å². The molecule has 2 aliphatic heterocycles. The van der Waals surface area contributed by atoms with E-state index >= 15 is 0 Å². The number of carbonyl (C=O) groups excluding carboxylic acids is 4. The third-order valence-corrected chi connectivity index (χ3v) is 14.5. The van der Waals surface area contributed by atoms with Crippen molar-refractivity contribution in [2.45, 2.75) is 95.4 Å². The van der Waals surface area contributed by atoms with Gasteiger partial charge in [-0.05, 0) is 109 Å². The van der Waals surface area contributed by atoms with Gasteiger partial charge in [0.25, 0.3) is 5.91 Å². The van der Waals surface area contributed by atoms with Crippen molar-refractivity contribution < 1.29 is 23.9 Å². The van der Waals surface area contributed by atoms with Crippen molar-refractivity contribution in [1.82, 2.24) is 40.4 Å². The number of benzene rings is 5. The molecule has 2 unspecified atom stereocenters. The SMILES string of the molecule is COC(=O)N[C@H](C(=O)N1CCCC1c1nc2c(ccc3cc(-c4ccc5c(ccc6[nH]c(C7[C@H]8CCC[C@H](C8)N7C(=O)[C@H](NC(=O)C7CC7)c7ccccc7)nc65)c4)ccc32)[nH]1)C(C)C. The van der Waals surface area contributed by atoms with E-state index in [-0.39, 0.29) is 53.6 Å². The molecule has 0 radical (unpaired) electrons. The number of aromatic amines is 2. The van der Waals surface area contributed by atoms with Gasteiger partial charge in [0.05, 0.1) is 41.3 Å². The summed E-state index contributed by atoms with van der Waals surface area (Å²) in [5.41, 5.74) is 6.56. The first-order valence-electron chi connectivity index (χ1n) is 23.3. The zero-order valence-electron chi connectivity index (χ0n) is 37.0. The number of H-pyrrole nitrogens is 2.